The van der Waals surface area contributed by atoms with Crippen molar-refractivity contribution in [3.05, 3.63) is 158 Å². The smallest absolute Gasteiger partial charge is 0.143 e. The Morgan fingerprint density at radius 3 is 1.81 bits per heavy atom. The first-order valence-corrected chi connectivity index (χ1v) is 16.3. The highest BCUT2D eigenvalue weighted by molar-refractivity contribution is 6.26. The highest BCUT2D eigenvalue weighted by Gasteiger charge is 2.24. The van der Waals surface area contributed by atoms with Crippen molar-refractivity contribution in [2.75, 3.05) is 0 Å². The molecule has 11 rings (SSSR count). The van der Waals surface area contributed by atoms with Crippen molar-refractivity contribution in [3.63, 3.8) is 0 Å². The molecule has 0 saturated heterocycles. The van der Waals surface area contributed by atoms with Gasteiger partial charge in [-0.25, -0.2) is 0 Å². The van der Waals surface area contributed by atoms with Gasteiger partial charge in [0.2, 0.25) is 0 Å². The van der Waals surface area contributed by atoms with E-state index in [-0.39, 0.29) is 0 Å². The molecule has 1 heterocycles. The molecule has 0 aliphatic carbocycles. The highest BCUT2D eigenvalue weighted by Crippen LogP contribution is 2.51. The summed E-state index contributed by atoms with van der Waals surface area (Å²) < 4.78 is 6.74. The molecule has 10 aromatic rings. The summed E-state index contributed by atoms with van der Waals surface area (Å²) in [5.74, 6) is 1.85. The molecule has 0 saturated carbocycles. The quantitative estimate of drug-likeness (QED) is 0.181. The van der Waals surface area contributed by atoms with Crippen molar-refractivity contribution in [2.24, 2.45) is 0 Å². The van der Waals surface area contributed by atoms with E-state index >= 15 is 0 Å². The van der Waals surface area contributed by atoms with Crippen LogP contribution in [0.4, 0.5) is 0 Å². The lowest BCUT2D eigenvalue weighted by molar-refractivity contribution is 0.493. The fourth-order valence-corrected chi connectivity index (χ4v) is 8.27. The fourth-order valence-electron chi connectivity index (χ4n) is 8.27. The zero-order chi connectivity index (χ0) is 30.6. The minimum Gasteiger partial charge on any atom is -0.455 e. The second kappa shape index (κ2) is 9.19. The van der Waals surface area contributed by atoms with E-state index in [0.717, 1.165) is 22.4 Å². The topological polar surface area (TPSA) is 9.23 Å². The minimum absolute atomic E-state index is 0.912. The predicted molar refractivity (Wildman–Crippen MR) is 199 cm³/mol. The van der Waals surface area contributed by atoms with Crippen LogP contribution in [0.3, 0.4) is 0 Å². The lowest BCUT2D eigenvalue weighted by Crippen LogP contribution is -1.99. The molecule has 0 unspecified atom stereocenters. The van der Waals surface area contributed by atoms with Crippen LogP contribution in [0.2, 0.25) is 0 Å². The Morgan fingerprint density at radius 1 is 0.298 bits per heavy atom. The van der Waals surface area contributed by atoms with Crippen LogP contribution >= 0.6 is 0 Å². The van der Waals surface area contributed by atoms with Gasteiger partial charge in [0.1, 0.15) is 11.5 Å². The van der Waals surface area contributed by atoms with Crippen molar-refractivity contribution in [1.29, 1.82) is 0 Å². The summed E-state index contributed by atoms with van der Waals surface area (Å²) in [7, 11) is 0. The van der Waals surface area contributed by atoms with E-state index in [2.05, 4.69) is 158 Å². The van der Waals surface area contributed by atoms with Gasteiger partial charge in [0, 0.05) is 16.3 Å². The number of hydrogen-bond acceptors (Lipinski definition) is 1. The van der Waals surface area contributed by atoms with E-state index in [1.54, 1.807) is 0 Å². The summed E-state index contributed by atoms with van der Waals surface area (Å²) in [5.41, 5.74) is 7.30. The van der Waals surface area contributed by atoms with Crippen molar-refractivity contribution >= 4 is 64.6 Å². The van der Waals surface area contributed by atoms with Crippen LogP contribution in [0.25, 0.3) is 98.0 Å². The van der Waals surface area contributed by atoms with Crippen LogP contribution in [0, 0.1) is 0 Å². The molecule has 0 N–H and O–H groups in total. The molecule has 0 fully saturated rings. The highest BCUT2D eigenvalue weighted by atomic mass is 16.5. The summed E-state index contributed by atoms with van der Waals surface area (Å²) in [6, 6.07) is 57.9. The maximum Gasteiger partial charge on any atom is 0.143 e. The molecule has 0 atom stereocenters. The second-order valence-electron chi connectivity index (χ2n) is 12.8. The van der Waals surface area contributed by atoms with Crippen molar-refractivity contribution < 1.29 is 4.74 Å². The first-order valence-electron chi connectivity index (χ1n) is 16.3. The largest absolute Gasteiger partial charge is 0.455 e. The van der Waals surface area contributed by atoms with Gasteiger partial charge < -0.3 is 4.74 Å². The van der Waals surface area contributed by atoms with Gasteiger partial charge in [-0.3, -0.25) is 0 Å². The van der Waals surface area contributed by atoms with Gasteiger partial charge in [-0.2, -0.15) is 0 Å². The molecule has 216 valence electrons. The van der Waals surface area contributed by atoms with Crippen LogP contribution in [0.15, 0.2) is 158 Å². The zero-order valence-corrected chi connectivity index (χ0v) is 25.4. The normalized spacial score (nSPS) is 12.4. The van der Waals surface area contributed by atoms with Crippen LogP contribution in [0.5, 0.6) is 11.5 Å². The minimum atomic E-state index is 0.912. The van der Waals surface area contributed by atoms with E-state index < -0.39 is 0 Å². The fraction of sp³-hybridized carbons (Fsp3) is 0. The summed E-state index contributed by atoms with van der Waals surface area (Å²) in [6.45, 7) is 0. The molecule has 0 spiro atoms. The number of hydrogen-bond donors (Lipinski definition) is 0. The van der Waals surface area contributed by atoms with Crippen LogP contribution in [0.1, 0.15) is 0 Å². The lowest BCUT2D eigenvalue weighted by Gasteiger charge is -2.24. The molecule has 0 aromatic heterocycles. The van der Waals surface area contributed by atoms with Gasteiger partial charge in [0.25, 0.3) is 0 Å². The molecule has 0 radical (unpaired) electrons. The van der Waals surface area contributed by atoms with E-state index in [0.29, 0.717) is 0 Å². The molecule has 1 nitrogen and oxygen atoms in total. The maximum absolute atomic E-state index is 6.74. The van der Waals surface area contributed by atoms with Crippen molar-refractivity contribution in [1.82, 2.24) is 0 Å². The third kappa shape index (κ3) is 3.43. The summed E-state index contributed by atoms with van der Waals surface area (Å²) in [6.07, 6.45) is 0. The molecule has 0 bridgehead atoms. The second-order valence-corrected chi connectivity index (χ2v) is 12.8. The molecular weight excluding hydrogens is 569 g/mol. The standard InChI is InChI=1S/C46H26O/c1-4-12-35-27(7-1)17-22-40-38-14-6-13-37-36(23-24-42(45(37)38)47-46(35)40)41-26-32(25-31-8-2-3-11-33(31)41)34-20-18-30-16-15-28-9-5-10-29-19-21-39(34)44(30)43(28)29/h1-26H. The van der Waals surface area contributed by atoms with E-state index in [9.17, 15) is 0 Å². The lowest BCUT2D eigenvalue weighted by atomic mass is 9.85. The first kappa shape index (κ1) is 25.1. The Labute approximate surface area is 271 Å². The third-order valence-electron chi connectivity index (χ3n) is 10.4. The first-order chi connectivity index (χ1) is 23.3. The van der Waals surface area contributed by atoms with Gasteiger partial charge in [-0.15, -0.1) is 0 Å². The average Bonchev–Trinajstić information content (AvgIpc) is 3.13. The molecule has 0 amide bonds. The summed E-state index contributed by atoms with van der Waals surface area (Å²) >= 11 is 0. The molecule has 47 heavy (non-hydrogen) atoms. The molecule has 10 aromatic carbocycles. The van der Waals surface area contributed by atoms with E-state index in [4.69, 9.17) is 4.74 Å². The predicted octanol–water partition coefficient (Wildman–Crippen LogP) is 13.2. The van der Waals surface area contributed by atoms with Gasteiger partial charge in [-0.1, -0.05) is 133 Å². The van der Waals surface area contributed by atoms with Gasteiger partial charge in [0.05, 0.1) is 0 Å². The van der Waals surface area contributed by atoms with Crippen LogP contribution in [-0.4, -0.2) is 0 Å². The zero-order valence-electron chi connectivity index (χ0n) is 25.4. The van der Waals surface area contributed by atoms with Crippen LogP contribution < -0.4 is 4.74 Å². The monoisotopic (exact) mass is 594 g/mol. The van der Waals surface area contributed by atoms with Crippen LogP contribution in [-0.2, 0) is 0 Å². The van der Waals surface area contributed by atoms with E-state index in [1.807, 2.05) is 0 Å². The maximum atomic E-state index is 6.74. The Bertz CT molecular complexity index is 2910. The Morgan fingerprint density at radius 2 is 0.915 bits per heavy atom. The third-order valence-corrected chi connectivity index (χ3v) is 10.4. The molecule has 1 aliphatic heterocycles. The Hall–Kier alpha value is -6.18. The van der Waals surface area contributed by atoms with Crippen molar-refractivity contribution in [3.8, 4) is 44.9 Å². The average molecular weight is 595 g/mol. The number of rotatable bonds is 2. The molecular formula is C46H26O. The summed E-state index contributed by atoms with van der Waals surface area (Å²) in [4.78, 5) is 0. The molecule has 1 heteroatoms. The summed E-state index contributed by atoms with van der Waals surface area (Å²) in [5, 5.41) is 15.0. The Balaban J connectivity index is 1.18. The van der Waals surface area contributed by atoms with Gasteiger partial charge >= 0.3 is 0 Å². The number of benzene rings is 10. The molecule has 1 aliphatic rings. The SMILES string of the molecule is c1ccc2c(-c3ccc4c5c(cccc35)-c3ccc5ccccc5c3O4)cc(-c3ccc4ccc5cccc6ccc3c4c56)cc2c1. The number of ether oxygens (including phenoxy) is 1. The van der Waals surface area contributed by atoms with Crippen molar-refractivity contribution in [2.45, 2.75) is 0 Å². The Kier molecular flexibility index (Phi) is 4.90. The van der Waals surface area contributed by atoms with Gasteiger partial charge in [0.15, 0.2) is 0 Å². The number of fused-ring (bicyclic) bond motifs is 5. The van der Waals surface area contributed by atoms with Gasteiger partial charge in [-0.05, 0) is 106 Å². The van der Waals surface area contributed by atoms with E-state index in [1.165, 1.54) is 87.1 Å².